The summed E-state index contributed by atoms with van der Waals surface area (Å²) in [5, 5.41) is 6.63. The number of anilines is 1. The Morgan fingerprint density at radius 3 is 2.56 bits per heavy atom. The molecule has 1 aromatic heterocycles. The molecule has 0 saturated heterocycles. The number of hydrogen-bond acceptors (Lipinski definition) is 3. The molecule has 0 fully saturated rings. The van der Waals surface area contributed by atoms with Gasteiger partial charge in [-0.05, 0) is 42.0 Å². The molecule has 27 heavy (non-hydrogen) atoms. The second kappa shape index (κ2) is 6.46. The van der Waals surface area contributed by atoms with Crippen molar-refractivity contribution in [2.75, 3.05) is 11.9 Å². The van der Waals surface area contributed by atoms with Gasteiger partial charge in [-0.2, -0.15) is 5.10 Å². The summed E-state index contributed by atoms with van der Waals surface area (Å²) in [4.78, 5) is 11.6. The highest BCUT2D eigenvalue weighted by Gasteiger charge is 2.26. The van der Waals surface area contributed by atoms with Crippen molar-refractivity contribution in [2.45, 2.75) is 6.43 Å². The van der Waals surface area contributed by atoms with Crippen molar-refractivity contribution in [3.05, 3.63) is 54.0 Å². The summed E-state index contributed by atoms with van der Waals surface area (Å²) in [6, 6.07) is 10.3. The maximum Gasteiger partial charge on any atom is 0.282 e. The minimum Gasteiger partial charge on any atom is -0.482 e. The zero-order chi connectivity index (χ0) is 19.1. The Labute approximate surface area is 152 Å². The van der Waals surface area contributed by atoms with Crippen molar-refractivity contribution < 1.29 is 22.7 Å². The lowest BCUT2D eigenvalue weighted by atomic mass is 9.97. The molecule has 0 saturated carbocycles. The summed E-state index contributed by atoms with van der Waals surface area (Å²) in [7, 11) is 1.55. The zero-order valence-corrected chi connectivity index (χ0v) is 14.2. The minimum absolute atomic E-state index is 0.0949. The van der Waals surface area contributed by atoms with E-state index in [2.05, 4.69) is 10.4 Å². The van der Waals surface area contributed by atoms with E-state index in [9.17, 15) is 18.0 Å². The van der Waals surface area contributed by atoms with Crippen LogP contribution in [0.25, 0.3) is 22.4 Å². The van der Waals surface area contributed by atoms with Gasteiger partial charge in [0.2, 0.25) is 0 Å². The van der Waals surface area contributed by atoms with Gasteiger partial charge in [-0.3, -0.25) is 9.48 Å². The standard InChI is InChI=1S/C19H14F3N3O2/c1-25-18(10-2-5-12(20)6-3-10)16(17(24-25)19(21)22)11-4-7-14-13(8-11)23-15(26)9-27-14/h2-8,19H,9H2,1H3,(H,23,26). The van der Waals surface area contributed by atoms with Gasteiger partial charge >= 0.3 is 0 Å². The number of nitrogens with zero attached hydrogens (tertiary/aromatic N) is 2. The molecule has 1 amide bonds. The number of benzene rings is 2. The van der Waals surface area contributed by atoms with Crippen molar-refractivity contribution in [3.8, 4) is 28.1 Å². The van der Waals surface area contributed by atoms with Gasteiger partial charge in [-0.25, -0.2) is 13.2 Å². The van der Waals surface area contributed by atoms with Crippen LogP contribution in [0.3, 0.4) is 0 Å². The van der Waals surface area contributed by atoms with Crippen molar-refractivity contribution in [2.24, 2.45) is 7.05 Å². The van der Waals surface area contributed by atoms with Crippen LogP contribution in [-0.4, -0.2) is 22.3 Å². The number of carbonyl (C=O) groups is 1. The first-order chi connectivity index (χ1) is 12.9. The highest BCUT2D eigenvalue weighted by atomic mass is 19.3. The number of amides is 1. The Bertz CT molecular complexity index is 1030. The van der Waals surface area contributed by atoms with Crippen molar-refractivity contribution in [1.29, 1.82) is 0 Å². The van der Waals surface area contributed by atoms with Crippen LogP contribution in [-0.2, 0) is 11.8 Å². The van der Waals surface area contributed by atoms with Crippen molar-refractivity contribution in [1.82, 2.24) is 9.78 Å². The average Bonchev–Trinajstić information content (AvgIpc) is 2.99. The number of rotatable bonds is 3. The third-order valence-electron chi connectivity index (χ3n) is 4.30. The van der Waals surface area contributed by atoms with E-state index in [1.165, 1.54) is 28.9 Å². The Morgan fingerprint density at radius 1 is 1.15 bits per heavy atom. The van der Waals surface area contributed by atoms with E-state index in [1.54, 1.807) is 25.2 Å². The minimum atomic E-state index is -2.80. The molecule has 0 spiro atoms. The van der Waals surface area contributed by atoms with Crippen LogP contribution in [0.4, 0.5) is 18.9 Å². The lowest BCUT2D eigenvalue weighted by molar-refractivity contribution is -0.118. The molecular formula is C19H14F3N3O2. The first kappa shape index (κ1) is 17.1. The molecule has 0 aliphatic carbocycles. The lowest BCUT2D eigenvalue weighted by Gasteiger charge is -2.19. The monoisotopic (exact) mass is 373 g/mol. The van der Waals surface area contributed by atoms with Crippen LogP contribution in [0.5, 0.6) is 5.75 Å². The van der Waals surface area contributed by atoms with Gasteiger partial charge < -0.3 is 10.1 Å². The van der Waals surface area contributed by atoms with Crippen molar-refractivity contribution >= 4 is 11.6 Å². The van der Waals surface area contributed by atoms with E-state index in [-0.39, 0.29) is 23.8 Å². The van der Waals surface area contributed by atoms with E-state index in [0.717, 1.165) is 0 Å². The number of aromatic nitrogens is 2. The molecule has 2 aromatic carbocycles. The normalized spacial score (nSPS) is 13.3. The molecule has 0 atom stereocenters. The molecule has 2 heterocycles. The first-order valence-corrected chi connectivity index (χ1v) is 8.12. The summed E-state index contributed by atoms with van der Waals surface area (Å²) in [6.45, 7) is -0.0949. The number of halogens is 3. The largest absolute Gasteiger partial charge is 0.482 e. The molecule has 0 radical (unpaired) electrons. The highest BCUT2D eigenvalue weighted by molar-refractivity contribution is 5.97. The van der Waals surface area contributed by atoms with E-state index >= 15 is 0 Å². The van der Waals surface area contributed by atoms with Gasteiger partial charge in [0.15, 0.2) is 6.61 Å². The molecule has 0 unspecified atom stereocenters. The number of aryl methyl sites for hydroxylation is 1. The van der Waals surface area contributed by atoms with Gasteiger partial charge in [0, 0.05) is 18.2 Å². The summed E-state index contributed by atoms with van der Waals surface area (Å²) in [5.74, 6) is -0.284. The fourth-order valence-corrected chi connectivity index (χ4v) is 3.16. The molecule has 8 heteroatoms. The Kier molecular flexibility index (Phi) is 4.10. The first-order valence-electron chi connectivity index (χ1n) is 8.12. The van der Waals surface area contributed by atoms with Gasteiger partial charge in [-0.1, -0.05) is 6.07 Å². The molecular weight excluding hydrogens is 359 g/mol. The number of nitrogens with one attached hydrogen (secondary N) is 1. The third kappa shape index (κ3) is 3.03. The van der Waals surface area contributed by atoms with Crippen LogP contribution in [0.2, 0.25) is 0 Å². The zero-order valence-electron chi connectivity index (χ0n) is 14.2. The second-order valence-corrected chi connectivity index (χ2v) is 6.09. The third-order valence-corrected chi connectivity index (χ3v) is 4.30. The van der Waals surface area contributed by atoms with Crippen LogP contribution in [0, 0.1) is 5.82 Å². The highest BCUT2D eigenvalue weighted by Crippen LogP contribution is 2.41. The summed E-state index contributed by atoms with van der Waals surface area (Å²) < 4.78 is 47.3. The Hall–Kier alpha value is -3.29. The second-order valence-electron chi connectivity index (χ2n) is 6.09. The number of alkyl halides is 2. The summed E-state index contributed by atoms with van der Waals surface area (Å²) in [5.41, 5.74) is 1.65. The van der Waals surface area contributed by atoms with E-state index in [4.69, 9.17) is 4.74 Å². The molecule has 1 N–H and O–H groups in total. The number of carbonyl (C=O) groups excluding carboxylic acids is 1. The maximum absolute atomic E-state index is 13.7. The summed E-state index contributed by atoms with van der Waals surface area (Å²) in [6.07, 6.45) is -2.80. The van der Waals surface area contributed by atoms with Gasteiger partial charge in [0.05, 0.1) is 11.4 Å². The van der Waals surface area contributed by atoms with Gasteiger partial charge in [-0.15, -0.1) is 0 Å². The van der Waals surface area contributed by atoms with Crippen LogP contribution >= 0.6 is 0 Å². The molecule has 0 bridgehead atoms. The Morgan fingerprint density at radius 2 is 1.85 bits per heavy atom. The van der Waals surface area contributed by atoms with Crippen LogP contribution < -0.4 is 10.1 Å². The molecule has 1 aliphatic heterocycles. The predicted molar refractivity (Wildman–Crippen MR) is 93.1 cm³/mol. The molecule has 4 rings (SSSR count). The lowest BCUT2D eigenvalue weighted by Crippen LogP contribution is -2.25. The molecule has 138 valence electrons. The number of fused-ring (bicyclic) bond motifs is 1. The van der Waals surface area contributed by atoms with Crippen molar-refractivity contribution in [3.63, 3.8) is 0 Å². The fourth-order valence-electron chi connectivity index (χ4n) is 3.16. The molecule has 5 nitrogen and oxygen atoms in total. The topological polar surface area (TPSA) is 56.2 Å². The molecule has 3 aromatic rings. The quantitative estimate of drug-likeness (QED) is 0.750. The van der Waals surface area contributed by atoms with E-state index in [0.29, 0.717) is 28.3 Å². The number of hydrogen-bond donors (Lipinski definition) is 1. The fraction of sp³-hybridized carbons (Fsp3) is 0.158. The number of ether oxygens (including phenoxy) is 1. The van der Waals surface area contributed by atoms with Crippen LogP contribution in [0.15, 0.2) is 42.5 Å². The Balaban J connectivity index is 1.92. The van der Waals surface area contributed by atoms with Gasteiger partial charge in [0.1, 0.15) is 17.3 Å². The SMILES string of the molecule is Cn1nc(C(F)F)c(-c2ccc3c(c2)NC(=O)CO3)c1-c1ccc(F)cc1. The average molecular weight is 373 g/mol. The van der Waals surface area contributed by atoms with E-state index < -0.39 is 12.2 Å². The van der Waals surface area contributed by atoms with Crippen LogP contribution in [0.1, 0.15) is 12.1 Å². The smallest absolute Gasteiger partial charge is 0.282 e. The maximum atomic E-state index is 13.7. The summed E-state index contributed by atoms with van der Waals surface area (Å²) >= 11 is 0. The van der Waals surface area contributed by atoms with Gasteiger partial charge in [0.25, 0.3) is 12.3 Å². The molecule has 1 aliphatic rings. The predicted octanol–water partition coefficient (Wildman–Crippen LogP) is 4.16. The van der Waals surface area contributed by atoms with E-state index in [1.807, 2.05) is 0 Å².